The predicted molar refractivity (Wildman–Crippen MR) is 93.3 cm³/mol. The van der Waals surface area contributed by atoms with E-state index in [2.05, 4.69) is 20.7 Å². The van der Waals surface area contributed by atoms with Gasteiger partial charge in [-0.3, -0.25) is 4.79 Å². The van der Waals surface area contributed by atoms with Crippen molar-refractivity contribution in [3.8, 4) is 23.1 Å². The van der Waals surface area contributed by atoms with Gasteiger partial charge in [-0.05, 0) is 35.7 Å². The summed E-state index contributed by atoms with van der Waals surface area (Å²) in [5, 5.41) is 22.2. The zero-order valence-electron chi connectivity index (χ0n) is 13.8. The maximum absolute atomic E-state index is 11.9. The van der Waals surface area contributed by atoms with Gasteiger partial charge in [0, 0.05) is 17.7 Å². The summed E-state index contributed by atoms with van der Waals surface area (Å²) in [5.74, 6) is 0.583. The number of H-pyrrole nitrogens is 1. The van der Waals surface area contributed by atoms with E-state index < -0.39 is 0 Å². The van der Waals surface area contributed by atoms with Gasteiger partial charge >= 0.3 is 0 Å². The molecular weight excluding hydrogens is 330 g/mol. The molecule has 7 heteroatoms. The van der Waals surface area contributed by atoms with Gasteiger partial charge in [-0.25, -0.2) is 0 Å². The minimum atomic E-state index is -0.0613. The van der Waals surface area contributed by atoms with Crippen molar-refractivity contribution in [3.63, 3.8) is 0 Å². The van der Waals surface area contributed by atoms with Crippen molar-refractivity contribution in [2.45, 2.75) is 13.0 Å². The number of aromatic nitrogens is 3. The molecule has 128 valence electrons. The topological polar surface area (TPSA) is 104 Å². The Morgan fingerprint density at radius 1 is 1.19 bits per heavy atom. The highest BCUT2D eigenvalue weighted by Gasteiger charge is 2.17. The lowest BCUT2D eigenvalue weighted by molar-refractivity contribution is 0.0945. The fraction of sp³-hybridized carbons (Fsp3) is 0.158. The molecule has 2 aromatic carbocycles. The molecule has 0 aliphatic carbocycles. The first-order valence-corrected chi connectivity index (χ1v) is 8.19. The van der Waals surface area contributed by atoms with Gasteiger partial charge < -0.3 is 10.1 Å². The molecule has 26 heavy (non-hydrogen) atoms. The Labute approximate surface area is 149 Å². The number of nitrogens with one attached hydrogen (secondary N) is 2. The number of fused-ring (bicyclic) bond motifs is 1. The first-order chi connectivity index (χ1) is 12.7. The minimum absolute atomic E-state index is 0.0613. The highest BCUT2D eigenvalue weighted by atomic mass is 16.5. The molecule has 4 rings (SSSR count). The molecule has 1 aliphatic rings. The largest absolute Gasteiger partial charge is 0.489 e. The Hall–Kier alpha value is -3.66. The van der Waals surface area contributed by atoms with Crippen molar-refractivity contribution in [2.75, 3.05) is 6.54 Å². The fourth-order valence-corrected chi connectivity index (χ4v) is 2.97. The molecule has 1 amide bonds. The van der Waals surface area contributed by atoms with Crippen LogP contribution in [-0.2, 0) is 13.0 Å². The van der Waals surface area contributed by atoms with Gasteiger partial charge in [0.05, 0.1) is 0 Å². The Balaban J connectivity index is 1.52. The number of nitriles is 1. The first-order valence-electron chi connectivity index (χ1n) is 8.19. The van der Waals surface area contributed by atoms with E-state index in [1.807, 2.05) is 42.5 Å². The molecule has 2 heterocycles. The van der Waals surface area contributed by atoms with Crippen molar-refractivity contribution < 1.29 is 9.53 Å². The summed E-state index contributed by atoms with van der Waals surface area (Å²) < 4.78 is 5.85. The summed E-state index contributed by atoms with van der Waals surface area (Å²) in [4.78, 5) is 11.9. The Morgan fingerprint density at radius 3 is 3.00 bits per heavy atom. The number of ether oxygens (including phenoxy) is 1. The van der Waals surface area contributed by atoms with Gasteiger partial charge in [0.25, 0.3) is 5.91 Å². The second-order valence-electron chi connectivity index (χ2n) is 5.95. The molecule has 7 nitrogen and oxygen atoms in total. The van der Waals surface area contributed by atoms with Gasteiger partial charge in [0.15, 0.2) is 5.69 Å². The van der Waals surface area contributed by atoms with Crippen LogP contribution < -0.4 is 10.1 Å². The molecule has 0 bridgehead atoms. The number of carbonyl (C=O) groups is 1. The number of carbonyl (C=O) groups excluding carboxylic acids is 1. The van der Waals surface area contributed by atoms with Crippen molar-refractivity contribution in [1.82, 2.24) is 20.7 Å². The number of amides is 1. The maximum atomic E-state index is 11.9. The standard InChI is InChI=1S/C19H15N5O2/c20-10-17-18(23-24-22-17)14-3-1-2-12(8-14)11-26-15-5-4-13-6-7-21-19(25)16(13)9-15/h1-5,8-9H,6-7,11H2,(H,21,25)(H,22,23,24). The summed E-state index contributed by atoms with van der Waals surface area (Å²) in [5.41, 5.74) is 4.20. The molecule has 0 radical (unpaired) electrons. The normalized spacial score (nSPS) is 12.8. The Morgan fingerprint density at radius 2 is 2.12 bits per heavy atom. The number of hydrogen-bond donors (Lipinski definition) is 2. The highest BCUT2D eigenvalue weighted by molar-refractivity contribution is 5.97. The van der Waals surface area contributed by atoms with Crippen LogP contribution in [0.25, 0.3) is 11.3 Å². The van der Waals surface area contributed by atoms with Gasteiger partial charge in [0.1, 0.15) is 24.1 Å². The van der Waals surface area contributed by atoms with Gasteiger partial charge in [0.2, 0.25) is 0 Å². The van der Waals surface area contributed by atoms with Crippen molar-refractivity contribution in [1.29, 1.82) is 5.26 Å². The number of hydrogen-bond acceptors (Lipinski definition) is 5. The lowest BCUT2D eigenvalue weighted by atomic mass is 10.0. The highest BCUT2D eigenvalue weighted by Crippen LogP contribution is 2.23. The zero-order chi connectivity index (χ0) is 17.9. The maximum Gasteiger partial charge on any atom is 0.251 e. The summed E-state index contributed by atoms with van der Waals surface area (Å²) >= 11 is 0. The van der Waals surface area contributed by atoms with E-state index in [9.17, 15) is 4.79 Å². The lowest BCUT2D eigenvalue weighted by Gasteiger charge is -2.17. The zero-order valence-corrected chi connectivity index (χ0v) is 13.8. The molecule has 0 atom stereocenters. The average molecular weight is 345 g/mol. The first kappa shape index (κ1) is 15.8. The van der Waals surface area contributed by atoms with E-state index in [1.165, 1.54) is 0 Å². The molecule has 0 fully saturated rings. The van der Waals surface area contributed by atoms with Crippen molar-refractivity contribution >= 4 is 5.91 Å². The van der Waals surface area contributed by atoms with Crippen LogP contribution in [0.3, 0.4) is 0 Å². The molecule has 0 spiro atoms. The molecule has 0 saturated carbocycles. The Kier molecular flexibility index (Phi) is 4.07. The van der Waals surface area contributed by atoms with Gasteiger partial charge in [-0.2, -0.15) is 15.6 Å². The fourth-order valence-electron chi connectivity index (χ4n) is 2.97. The van der Waals surface area contributed by atoms with E-state index in [4.69, 9.17) is 10.00 Å². The van der Waals surface area contributed by atoms with Crippen LogP contribution in [0, 0.1) is 11.3 Å². The molecule has 3 aromatic rings. The van der Waals surface area contributed by atoms with Gasteiger partial charge in [-0.1, -0.05) is 24.3 Å². The SMILES string of the molecule is N#Cc1n[nH]nc1-c1cccc(COc2ccc3c(c2)C(=O)NCC3)c1. The Bertz CT molecular complexity index is 1020. The summed E-state index contributed by atoms with van der Waals surface area (Å²) in [6.07, 6.45) is 0.836. The van der Waals surface area contributed by atoms with Crippen molar-refractivity contribution in [3.05, 3.63) is 64.8 Å². The van der Waals surface area contributed by atoms with Gasteiger partial charge in [-0.15, -0.1) is 5.10 Å². The van der Waals surface area contributed by atoms with Crippen LogP contribution in [0.5, 0.6) is 5.75 Å². The smallest absolute Gasteiger partial charge is 0.251 e. The summed E-state index contributed by atoms with van der Waals surface area (Å²) in [6, 6.07) is 15.2. The van der Waals surface area contributed by atoms with E-state index >= 15 is 0 Å². The molecule has 1 aliphatic heterocycles. The third-order valence-corrected chi connectivity index (χ3v) is 4.27. The average Bonchev–Trinajstić information content (AvgIpc) is 3.16. The van der Waals surface area contributed by atoms with Crippen LogP contribution in [0.2, 0.25) is 0 Å². The number of nitrogens with zero attached hydrogens (tertiary/aromatic N) is 3. The monoisotopic (exact) mass is 345 g/mol. The number of aromatic amines is 1. The van der Waals surface area contributed by atoms with E-state index in [-0.39, 0.29) is 11.6 Å². The molecule has 0 unspecified atom stereocenters. The van der Waals surface area contributed by atoms with Crippen LogP contribution in [-0.4, -0.2) is 27.9 Å². The van der Waals surface area contributed by atoms with Crippen molar-refractivity contribution in [2.24, 2.45) is 0 Å². The second kappa shape index (κ2) is 6.69. The summed E-state index contributed by atoms with van der Waals surface area (Å²) in [6.45, 7) is 1.01. The van der Waals surface area contributed by atoms with E-state index in [1.54, 1.807) is 6.07 Å². The molecular formula is C19H15N5O2. The third kappa shape index (κ3) is 3.00. The summed E-state index contributed by atoms with van der Waals surface area (Å²) in [7, 11) is 0. The second-order valence-corrected chi connectivity index (χ2v) is 5.95. The molecule has 0 saturated heterocycles. The van der Waals surface area contributed by atoms with Crippen LogP contribution in [0.4, 0.5) is 0 Å². The quantitative estimate of drug-likeness (QED) is 0.754. The van der Waals surface area contributed by atoms with Crippen LogP contribution in [0.15, 0.2) is 42.5 Å². The number of rotatable bonds is 4. The lowest BCUT2D eigenvalue weighted by Crippen LogP contribution is -2.31. The third-order valence-electron chi connectivity index (χ3n) is 4.27. The van der Waals surface area contributed by atoms with E-state index in [0.29, 0.717) is 30.2 Å². The minimum Gasteiger partial charge on any atom is -0.489 e. The molecule has 2 N–H and O–H groups in total. The van der Waals surface area contributed by atoms with E-state index in [0.717, 1.165) is 23.1 Å². The van der Waals surface area contributed by atoms with Crippen LogP contribution in [0.1, 0.15) is 27.2 Å². The van der Waals surface area contributed by atoms with Crippen LogP contribution >= 0.6 is 0 Å². The predicted octanol–water partition coefficient (Wildman–Crippen LogP) is 2.21. The molecule has 1 aromatic heterocycles. The number of benzene rings is 2.